The van der Waals surface area contributed by atoms with E-state index in [-0.39, 0.29) is 11.7 Å². The monoisotopic (exact) mass is 270 g/mol. The van der Waals surface area contributed by atoms with E-state index in [1.165, 1.54) is 0 Å². The van der Waals surface area contributed by atoms with Gasteiger partial charge in [0.15, 0.2) is 5.78 Å². The number of ether oxygens (including phenoxy) is 2. The number of ketones is 1. The molecule has 0 fully saturated rings. The number of benzene rings is 2. The molecule has 0 aliphatic heterocycles. The predicted octanol–water partition coefficient (Wildman–Crippen LogP) is 3.69. The van der Waals surface area contributed by atoms with Gasteiger partial charge in [0.1, 0.15) is 11.5 Å². The Morgan fingerprint density at radius 2 is 1.50 bits per heavy atom. The smallest absolute Gasteiger partial charge is 0.170 e. The van der Waals surface area contributed by atoms with E-state index in [0.29, 0.717) is 17.1 Å². The Morgan fingerprint density at radius 1 is 0.950 bits per heavy atom. The summed E-state index contributed by atoms with van der Waals surface area (Å²) in [5.41, 5.74) is 1.59. The summed E-state index contributed by atoms with van der Waals surface area (Å²) in [7, 11) is 3.15. The van der Waals surface area contributed by atoms with Crippen molar-refractivity contribution >= 4 is 5.78 Å². The van der Waals surface area contributed by atoms with Gasteiger partial charge in [0.25, 0.3) is 0 Å². The highest BCUT2D eigenvalue weighted by Gasteiger charge is 2.18. The SMILES string of the molecule is COc1cc(OC)cc(C(=O)C(C)c2ccccc2)c1. The molecule has 3 nitrogen and oxygen atoms in total. The van der Waals surface area contributed by atoms with Crippen LogP contribution in [0.15, 0.2) is 48.5 Å². The maximum Gasteiger partial charge on any atom is 0.170 e. The molecular formula is C17H18O3. The summed E-state index contributed by atoms with van der Waals surface area (Å²) in [4.78, 5) is 12.6. The number of rotatable bonds is 5. The first kappa shape index (κ1) is 14.1. The van der Waals surface area contributed by atoms with Crippen LogP contribution in [0.4, 0.5) is 0 Å². The lowest BCUT2D eigenvalue weighted by Gasteiger charge is -2.13. The van der Waals surface area contributed by atoms with Crippen molar-refractivity contribution in [2.75, 3.05) is 14.2 Å². The number of hydrogen-bond acceptors (Lipinski definition) is 3. The third-order valence-corrected chi connectivity index (χ3v) is 3.33. The second-order valence-corrected chi connectivity index (χ2v) is 4.60. The molecule has 0 aliphatic rings. The second kappa shape index (κ2) is 6.24. The molecule has 2 aromatic carbocycles. The van der Waals surface area contributed by atoms with Crippen molar-refractivity contribution in [2.45, 2.75) is 12.8 Å². The third-order valence-electron chi connectivity index (χ3n) is 3.33. The minimum Gasteiger partial charge on any atom is -0.497 e. The first-order valence-electron chi connectivity index (χ1n) is 6.48. The van der Waals surface area contributed by atoms with Crippen molar-refractivity contribution in [1.29, 1.82) is 0 Å². The molecule has 0 spiro atoms. The van der Waals surface area contributed by atoms with Crippen LogP contribution in [0.25, 0.3) is 0 Å². The van der Waals surface area contributed by atoms with Crippen molar-refractivity contribution < 1.29 is 14.3 Å². The Bertz CT molecular complexity index is 568. The number of Topliss-reactive ketones (excluding diaryl/α,β-unsaturated/α-hetero) is 1. The molecule has 0 N–H and O–H groups in total. The fraction of sp³-hybridized carbons (Fsp3) is 0.235. The van der Waals surface area contributed by atoms with Crippen molar-refractivity contribution in [2.24, 2.45) is 0 Å². The van der Waals surface area contributed by atoms with Gasteiger partial charge in [-0.2, -0.15) is 0 Å². The van der Waals surface area contributed by atoms with E-state index in [2.05, 4.69) is 0 Å². The van der Waals surface area contributed by atoms with Crippen molar-refractivity contribution in [3.63, 3.8) is 0 Å². The summed E-state index contributed by atoms with van der Waals surface area (Å²) in [5.74, 6) is 1.09. The zero-order chi connectivity index (χ0) is 14.5. The number of carbonyl (C=O) groups is 1. The van der Waals surface area contributed by atoms with E-state index in [1.807, 2.05) is 37.3 Å². The summed E-state index contributed by atoms with van der Waals surface area (Å²) in [5, 5.41) is 0. The van der Waals surface area contributed by atoms with Crippen molar-refractivity contribution in [3.8, 4) is 11.5 Å². The minimum atomic E-state index is -0.201. The zero-order valence-electron chi connectivity index (χ0n) is 11.9. The van der Waals surface area contributed by atoms with E-state index < -0.39 is 0 Å². The molecule has 104 valence electrons. The van der Waals surface area contributed by atoms with E-state index in [1.54, 1.807) is 32.4 Å². The molecule has 0 saturated carbocycles. The summed E-state index contributed by atoms with van der Waals surface area (Å²) < 4.78 is 10.4. The van der Waals surface area contributed by atoms with Crippen LogP contribution in [0.3, 0.4) is 0 Å². The molecule has 0 aromatic heterocycles. The predicted molar refractivity (Wildman–Crippen MR) is 78.7 cm³/mol. The quantitative estimate of drug-likeness (QED) is 0.777. The van der Waals surface area contributed by atoms with Gasteiger partial charge >= 0.3 is 0 Å². The molecular weight excluding hydrogens is 252 g/mol. The van der Waals surface area contributed by atoms with Crippen LogP contribution in [0, 0.1) is 0 Å². The molecule has 2 aromatic rings. The molecule has 2 rings (SSSR count). The van der Waals surface area contributed by atoms with E-state index in [9.17, 15) is 4.79 Å². The molecule has 3 heteroatoms. The topological polar surface area (TPSA) is 35.5 Å². The fourth-order valence-corrected chi connectivity index (χ4v) is 2.09. The van der Waals surface area contributed by atoms with Crippen LogP contribution in [-0.4, -0.2) is 20.0 Å². The Kier molecular flexibility index (Phi) is 4.41. The molecule has 0 radical (unpaired) electrons. The number of carbonyl (C=O) groups excluding carboxylic acids is 1. The first-order valence-corrected chi connectivity index (χ1v) is 6.48. The minimum absolute atomic E-state index is 0.0494. The molecule has 0 amide bonds. The Hall–Kier alpha value is -2.29. The molecule has 0 bridgehead atoms. The summed E-state index contributed by atoms with van der Waals surface area (Å²) in [6, 6.07) is 15.0. The van der Waals surface area contributed by atoms with Gasteiger partial charge < -0.3 is 9.47 Å². The van der Waals surface area contributed by atoms with Gasteiger partial charge in [-0.25, -0.2) is 0 Å². The molecule has 0 heterocycles. The second-order valence-electron chi connectivity index (χ2n) is 4.60. The highest BCUT2D eigenvalue weighted by Crippen LogP contribution is 2.27. The van der Waals surface area contributed by atoms with Crippen LogP contribution in [0.5, 0.6) is 11.5 Å². The van der Waals surface area contributed by atoms with Gasteiger partial charge in [0.05, 0.1) is 14.2 Å². The van der Waals surface area contributed by atoms with Gasteiger partial charge in [-0.3, -0.25) is 4.79 Å². The summed E-state index contributed by atoms with van der Waals surface area (Å²) in [6.45, 7) is 1.91. The standard InChI is InChI=1S/C17H18O3/c1-12(13-7-5-4-6-8-13)17(18)14-9-15(19-2)11-16(10-14)20-3/h4-12H,1-3H3. The fourth-order valence-electron chi connectivity index (χ4n) is 2.09. The van der Waals surface area contributed by atoms with Gasteiger partial charge in [0.2, 0.25) is 0 Å². The number of methoxy groups -OCH3 is 2. The molecule has 0 saturated heterocycles. The highest BCUT2D eigenvalue weighted by atomic mass is 16.5. The normalized spacial score (nSPS) is 11.8. The highest BCUT2D eigenvalue weighted by molar-refractivity contribution is 6.01. The van der Waals surface area contributed by atoms with E-state index >= 15 is 0 Å². The van der Waals surface area contributed by atoms with Crippen LogP contribution in [0.1, 0.15) is 28.8 Å². The van der Waals surface area contributed by atoms with Crippen LogP contribution in [0.2, 0.25) is 0 Å². The van der Waals surface area contributed by atoms with E-state index in [4.69, 9.17) is 9.47 Å². The maximum absolute atomic E-state index is 12.6. The van der Waals surface area contributed by atoms with Crippen molar-refractivity contribution in [3.05, 3.63) is 59.7 Å². The Balaban J connectivity index is 2.33. The Labute approximate surface area is 119 Å². The van der Waals surface area contributed by atoms with Gasteiger partial charge in [-0.1, -0.05) is 37.3 Å². The number of hydrogen-bond donors (Lipinski definition) is 0. The van der Waals surface area contributed by atoms with Gasteiger partial charge in [-0.05, 0) is 17.7 Å². The maximum atomic E-state index is 12.6. The largest absolute Gasteiger partial charge is 0.497 e. The zero-order valence-corrected chi connectivity index (χ0v) is 11.9. The summed E-state index contributed by atoms with van der Waals surface area (Å²) >= 11 is 0. The van der Waals surface area contributed by atoms with Gasteiger partial charge in [0, 0.05) is 17.5 Å². The van der Waals surface area contributed by atoms with E-state index in [0.717, 1.165) is 5.56 Å². The molecule has 1 atom stereocenters. The molecule has 20 heavy (non-hydrogen) atoms. The molecule has 1 unspecified atom stereocenters. The van der Waals surface area contributed by atoms with Crippen LogP contribution in [-0.2, 0) is 0 Å². The summed E-state index contributed by atoms with van der Waals surface area (Å²) in [6.07, 6.45) is 0. The van der Waals surface area contributed by atoms with Crippen molar-refractivity contribution in [1.82, 2.24) is 0 Å². The third kappa shape index (κ3) is 2.99. The van der Waals surface area contributed by atoms with Crippen LogP contribution < -0.4 is 9.47 Å². The average Bonchev–Trinajstić information content (AvgIpc) is 2.53. The average molecular weight is 270 g/mol. The van der Waals surface area contributed by atoms with Crippen LogP contribution >= 0.6 is 0 Å². The lowest BCUT2D eigenvalue weighted by atomic mass is 9.92. The Morgan fingerprint density at radius 3 is 2.00 bits per heavy atom. The van der Waals surface area contributed by atoms with Gasteiger partial charge in [-0.15, -0.1) is 0 Å². The first-order chi connectivity index (χ1) is 9.65. The molecule has 0 aliphatic carbocycles. The lowest BCUT2D eigenvalue weighted by Crippen LogP contribution is -2.10. The lowest BCUT2D eigenvalue weighted by molar-refractivity contribution is 0.0965.